The molecule has 9 heteroatoms. The van der Waals surface area contributed by atoms with Gasteiger partial charge in [-0.3, -0.25) is 14.9 Å². The molecule has 0 spiro atoms. The molecule has 2 amide bonds. The molecule has 1 aliphatic rings. The SMILES string of the molecule is CC(C)Sc1nnc(NC(=O)c2ccc([C@@H]3SCC(=O)N3Cc3ccccc3)cc2)s1. The molecule has 1 saturated heterocycles. The van der Waals surface area contributed by atoms with Crippen LogP contribution in [0.1, 0.15) is 40.7 Å². The van der Waals surface area contributed by atoms with Gasteiger partial charge < -0.3 is 4.90 Å². The second kappa shape index (κ2) is 9.84. The number of nitrogens with one attached hydrogen (secondary N) is 1. The Hall–Kier alpha value is -2.36. The number of anilines is 1. The van der Waals surface area contributed by atoms with Gasteiger partial charge in [-0.05, 0) is 23.3 Å². The number of hydrogen-bond acceptors (Lipinski definition) is 7. The van der Waals surface area contributed by atoms with Gasteiger partial charge in [0.05, 0.1) is 5.75 Å². The van der Waals surface area contributed by atoms with E-state index in [0.29, 0.717) is 28.2 Å². The highest BCUT2D eigenvalue weighted by molar-refractivity contribution is 8.01. The minimum absolute atomic E-state index is 0.0522. The highest BCUT2D eigenvalue weighted by atomic mass is 32.2. The van der Waals surface area contributed by atoms with Crippen LogP contribution >= 0.6 is 34.9 Å². The van der Waals surface area contributed by atoms with Gasteiger partial charge in [0.2, 0.25) is 11.0 Å². The Morgan fingerprint density at radius 1 is 1.16 bits per heavy atom. The van der Waals surface area contributed by atoms with E-state index in [2.05, 4.69) is 29.4 Å². The fraction of sp³-hybridized carbons (Fsp3) is 0.273. The van der Waals surface area contributed by atoms with Crippen molar-refractivity contribution in [1.82, 2.24) is 15.1 Å². The number of aromatic nitrogens is 2. The van der Waals surface area contributed by atoms with E-state index in [0.717, 1.165) is 15.5 Å². The molecule has 3 aromatic rings. The molecule has 1 fully saturated rings. The number of benzene rings is 2. The molecular weight excluding hydrogens is 448 g/mol. The van der Waals surface area contributed by atoms with Crippen molar-refractivity contribution in [3.8, 4) is 0 Å². The first-order valence-corrected chi connectivity index (χ1v) is 12.6. The molecule has 0 aliphatic carbocycles. The molecule has 1 atom stereocenters. The van der Waals surface area contributed by atoms with Gasteiger partial charge in [0.25, 0.3) is 5.91 Å². The summed E-state index contributed by atoms with van der Waals surface area (Å²) in [5, 5.41) is 11.8. The average molecular weight is 471 g/mol. The summed E-state index contributed by atoms with van der Waals surface area (Å²) in [5.74, 6) is 0.375. The zero-order valence-corrected chi connectivity index (χ0v) is 19.6. The van der Waals surface area contributed by atoms with E-state index >= 15 is 0 Å². The van der Waals surface area contributed by atoms with E-state index in [1.54, 1.807) is 35.7 Å². The van der Waals surface area contributed by atoms with Gasteiger partial charge in [-0.15, -0.1) is 22.0 Å². The van der Waals surface area contributed by atoms with Crippen LogP contribution in [0.4, 0.5) is 5.13 Å². The number of amides is 2. The van der Waals surface area contributed by atoms with E-state index in [1.165, 1.54) is 11.3 Å². The molecule has 31 heavy (non-hydrogen) atoms. The Labute approximate surface area is 193 Å². The summed E-state index contributed by atoms with van der Waals surface area (Å²) in [6, 6.07) is 17.4. The predicted octanol–water partition coefficient (Wildman–Crippen LogP) is 5.07. The summed E-state index contributed by atoms with van der Waals surface area (Å²) >= 11 is 4.60. The summed E-state index contributed by atoms with van der Waals surface area (Å²) in [6.07, 6.45) is 0. The van der Waals surface area contributed by atoms with Gasteiger partial charge >= 0.3 is 0 Å². The maximum Gasteiger partial charge on any atom is 0.257 e. The Bertz CT molecular complexity index is 1050. The zero-order valence-electron chi connectivity index (χ0n) is 17.1. The summed E-state index contributed by atoms with van der Waals surface area (Å²) in [6.45, 7) is 4.75. The van der Waals surface area contributed by atoms with E-state index in [1.807, 2.05) is 47.4 Å². The van der Waals surface area contributed by atoms with Gasteiger partial charge in [0.15, 0.2) is 4.34 Å². The number of thioether (sulfide) groups is 2. The Morgan fingerprint density at radius 2 is 1.90 bits per heavy atom. The summed E-state index contributed by atoms with van der Waals surface area (Å²) in [4.78, 5) is 26.9. The molecular formula is C22H22N4O2S3. The minimum Gasteiger partial charge on any atom is -0.322 e. The van der Waals surface area contributed by atoms with Crippen LogP contribution in [0.2, 0.25) is 0 Å². The quantitative estimate of drug-likeness (QED) is 0.384. The highest BCUT2D eigenvalue weighted by Crippen LogP contribution is 2.39. The molecule has 0 radical (unpaired) electrons. The number of nitrogens with zero attached hydrogens (tertiary/aromatic N) is 3. The van der Waals surface area contributed by atoms with Crippen LogP contribution in [0.25, 0.3) is 0 Å². The Kier molecular flexibility index (Phi) is 6.94. The molecule has 6 nitrogen and oxygen atoms in total. The average Bonchev–Trinajstić information content (AvgIpc) is 3.35. The lowest BCUT2D eigenvalue weighted by molar-refractivity contribution is -0.128. The minimum atomic E-state index is -0.222. The molecule has 0 saturated carbocycles. The van der Waals surface area contributed by atoms with Crippen molar-refractivity contribution >= 4 is 51.8 Å². The molecule has 0 unspecified atom stereocenters. The first-order chi connectivity index (χ1) is 15.0. The lowest BCUT2D eigenvalue weighted by Crippen LogP contribution is -2.27. The summed E-state index contributed by atoms with van der Waals surface area (Å²) < 4.78 is 0.835. The molecule has 4 rings (SSSR count). The van der Waals surface area contributed by atoms with Crippen LogP contribution in [0.15, 0.2) is 58.9 Å². The van der Waals surface area contributed by atoms with Gasteiger partial charge in [0.1, 0.15) is 5.37 Å². The van der Waals surface area contributed by atoms with Crippen molar-refractivity contribution in [2.45, 2.75) is 35.4 Å². The van der Waals surface area contributed by atoms with Gasteiger partial charge in [-0.1, -0.05) is 79.4 Å². The first-order valence-electron chi connectivity index (χ1n) is 9.86. The summed E-state index contributed by atoms with van der Waals surface area (Å²) in [5.41, 5.74) is 2.65. The molecule has 1 N–H and O–H groups in total. The lowest BCUT2D eigenvalue weighted by atomic mass is 10.1. The first kappa shape index (κ1) is 21.9. The van der Waals surface area contributed by atoms with Crippen molar-refractivity contribution in [3.05, 3.63) is 71.3 Å². The zero-order chi connectivity index (χ0) is 21.8. The molecule has 1 aliphatic heterocycles. The Balaban J connectivity index is 1.42. The maximum absolute atomic E-state index is 12.6. The third-order valence-electron chi connectivity index (χ3n) is 4.59. The van der Waals surface area contributed by atoms with Crippen molar-refractivity contribution in [2.24, 2.45) is 0 Å². The van der Waals surface area contributed by atoms with Crippen molar-refractivity contribution in [1.29, 1.82) is 0 Å². The van der Waals surface area contributed by atoms with E-state index in [4.69, 9.17) is 0 Å². The van der Waals surface area contributed by atoms with Crippen LogP contribution in [0.5, 0.6) is 0 Å². The normalized spacial score (nSPS) is 16.2. The molecule has 1 aromatic heterocycles. The molecule has 2 heterocycles. The summed E-state index contributed by atoms with van der Waals surface area (Å²) in [7, 11) is 0. The predicted molar refractivity (Wildman–Crippen MR) is 127 cm³/mol. The molecule has 160 valence electrons. The van der Waals surface area contributed by atoms with E-state index in [-0.39, 0.29) is 17.2 Å². The third kappa shape index (κ3) is 5.47. The molecule has 0 bridgehead atoms. The number of rotatable bonds is 7. The number of hydrogen-bond donors (Lipinski definition) is 1. The van der Waals surface area contributed by atoms with Crippen LogP contribution in [-0.2, 0) is 11.3 Å². The van der Waals surface area contributed by atoms with Gasteiger partial charge in [-0.2, -0.15) is 0 Å². The van der Waals surface area contributed by atoms with Crippen LogP contribution in [0, 0.1) is 0 Å². The third-order valence-corrected chi connectivity index (χ3v) is 7.77. The number of carbonyl (C=O) groups excluding carboxylic acids is 2. The van der Waals surface area contributed by atoms with Crippen LogP contribution in [0.3, 0.4) is 0 Å². The fourth-order valence-electron chi connectivity index (χ4n) is 3.16. The maximum atomic E-state index is 12.6. The van der Waals surface area contributed by atoms with E-state index in [9.17, 15) is 9.59 Å². The highest BCUT2D eigenvalue weighted by Gasteiger charge is 2.32. The van der Waals surface area contributed by atoms with Crippen LogP contribution < -0.4 is 5.32 Å². The van der Waals surface area contributed by atoms with E-state index < -0.39 is 0 Å². The fourth-order valence-corrected chi connectivity index (χ4v) is 6.32. The van der Waals surface area contributed by atoms with Crippen LogP contribution in [-0.4, -0.2) is 37.9 Å². The van der Waals surface area contributed by atoms with Gasteiger partial charge in [-0.25, -0.2) is 0 Å². The largest absolute Gasteiger partial charge is 0.322 e. The smallest absolute Gasteiger partial charge is 0.257 e. The van der Waals surface area contributed by atoms with Crippen molar-refractivity contribution in [3.63, 3.8) is 0 Å². The Morgan fingerprint density at radius 3 is 2.61 bits per heavy atom. The second-order valence-electron chi connectivity index (χ2n) is 7.29. The molecule has 2 aromatic carbocycles. The standard InChI is InChI=1S/C22H22N4O2S3/c1-14(2)30-22-25-24-21(31-22)23-19(28)16-8-10-17(11-9-16)20-26(18(27)13-29-20)12-15-6-4-3-5-7-15/h3-11,14,20H,12-13H2,1-2H3,(H,23,24,28)/t20-/m0/s1. The lowest BCUT2D eigenvalue weighted by Gasteiger charge is -2.24. The van der Waals surface area contributed by atoms with Crippen molar-refractivity contribution in [2.75, 3.05) is 11.1 Å². The van der Waals surface area contributed by atoms with Crippen molar-refractivity contribution < 1.29 is 9.59 Å². The number of carbonyl (C=O) groups is 2. The van der Waals surface area contributed by atoms with Gasteiger partial charge in [0, 0.05) is 17.4 Å². The topological polar surface area (TPSA) is 75.2 Å². The monoisotopic (exact) mass is 470 g/mol. The second-order valence-corrected chi connectivity index (χ2v) is 11.2.